The summed E-state index contributed by atoms with van der Waals surface area (Å²) in [6.45, 7) is 2.02. The molecular formula is C14H19N5O. The summed E-state index contributed by atoms with van der Waals surface area (Å²) in [6.07, 6.45) is 9.99. The molecule has 1 atom stereocenters. The number of H-pyrrole nitrogens is 1. The highest BCUT2D eigenvalue weighted by Gasteiger charge is 2.46. The Morgan fingerprint density at radius 3 is 2.95 bits per heavy atom. The van der Waals surface area contributed by atoms with Crippen molar-refractivity contribution < 1.29 is 4.52 Å². The summed E-state index contributed by atoms with van der Waals surface area (Å²) >= 11 is 0. The van der Waals surface area contributed by atoms with Gasteiger partial charge < -0.3 is 14.8 Å². The number of aromatic amines is 1. The third kappa shape index (κ3) is 1.86. The fraction of sp³-hybridized carbons (Fsp3) is 0.643. The largest absolute Gasteiger partial charge is 0.342 e. The lowest BCUT2D eigenvalue weighted by Crippen LogP contribution is -2.31. The minimum absolute atomic E-state index is 0.325. The smallest absolute Gasteiger partial charge is 0.238 e. The lowest BCUT2D eigenvalue weighted by Gasteiger charge is -2.36. The van der Waals surface area contributed by atoms with Gasteiger partial charge in [0, 0.05) is 25.5 Å². The van der Waals surface area contributed by atoms with Gasteiger partial charge in [-0.2, -0.15) is 4.98 Å². The molecule has 6 heteroatoms. The minimum Gasteiger partial charge on any atom is -0.342 e. The zero-order chi connectivity index (χ0) is 13.4. The molecule has 1 unspecified atom stereocenters. The molecule has 0 radical (unpaired) electrons. The predicted octanol–water partition coefficient (Wildman–Crippen LogP) is 2.10. The van der Waals surface area contributed by atoms with E-state index in [2.05, 4.69) is 25.4 Å². The van der Waals surface area contributed by atoms with Gasteiger partial charge in [-0.3, -0.25) is 0 Å². The lowest BCUT2D eigenvalue weighted by atomic mass is 9.67. The quantitative estimate of drug-likeness (QED) is 0.876. The van der Waals surface area contributed by atoms with Crippen LogP contribution in [0.25, 0.3) is 11.6 Å². The Morgan fingerprint density at radius 2 is 2.15 bits per heavy atom. The highest BCUT2D eigenvalue weighted by Crippen LogP contribution is 2.49. The molecule has 2 aliphatic rings. The molecule has 4 rings (SSSR count). The number of imidazole rings is 1. The molecule has 2 aromatic rings. The van der Waals surface area contributed by atoms with Crippen molar-refractivity contribution in [2.24, 2.45) is 5.41 Å². The van der Waals surface area contributed by atoms with Gasteiger partial charge in [0.15, 0.2) is 5.82 Å². The van der Waals surface area contributed by atoms with E-state index < -0.39 is 0 Å². The molecule has 0 amide bonds. The van der Waals surface area contributed by atoms with Gasteiger partial charge in [0.05, 0.1) is 5.92 Å². The molecule has 1 aliphatic heterocycles. The van der Waals surface area contributed by atoms with E-state index in [4.69, 9.17) is 4.52 Å². The second kappa shape index (κ2) is 4.70. The predicted molar refractivity (Wildman–Crippen MR) is 73.0 cm³/mol. The van der Waals surface area contributed by atoms with Crippen LogP contribution in [0.1, 0.15) is 43.9 Å². The molecule has 2 aromatic heterocycles. The van der Waals surface area contributed by atoms with Crippen LogP contribution in [0.4, 0.5) is 0 Å². The summed E-state index contributed by atoms with van der Waals surface area (Å²) in [5, 5.41) is 7.60. The summed E-state index contributed by atoms with van der Waals surface area (Å²) in [4.78, 5) is 11.8. The molecule has 1 saturated heterocycles. The fourth-order valence-electron chi connectivity index (χ4n) is 3.80. The van der Waals surface area contributed by atoms with E-state index in [1.165, 1.54) is 32.1 Å². The maximum Gasteiger partial charge on any atom is 0.238 e. The Bertz CT molecular complexity index is 570. The third-order valence-electron chi connectivity index (χ3n) is 4.86. The number of hydrogen-bond acceptors (Lipinski definition) is 5. The van der Waals surface area contributed by atoms with E-state index in [-0.39, 0.29) is 0 Å². The maximum absolute atomic E-state index is 5.54. The Morgan fingerprint density at radius 1 is 1.25 bits per heavy atom. The number of aromatic nitrogens is 4. The first-order valence-electron chi connectivity index (χ1n) is 7.41. The highest BCUT2D eigenvalue weighted by molar-refractivity contribution is 5.41. The van der Waals surface area contributed by atoms with Crippen LogP contribution in [0.2, 0.25) is 0 Å². The van der Waals surface area contributed by atoms with Crippen molar-refractivity contribution in [2.75, 3.05) is 13.1 Å². The topological polar surface area (TPSA) is 79.6 Å². The molecule has 1 spiro atoms. The first-order chi connectivity index (χ1) is 9.87. The monoisotopic (exact) mass is 273 g/mol. The second-order valence-electron chi connectivity index (χ2n) is 6.00. The van der Waals surface area contributed by atoms with E-state index in [1.807, 2.05) is 0 Å². The summed E-state index contributed by atoms with van der Waals surface area (Å²) < 4.78 is 5.54. The molecule has 2 N–H and O–H groups in total. The summed E-state index contributed by atoms with van der Waals surface area (Å²) in [5.74, 6) is 2.34. The molecular weight excluding hydrogens is 254 g/mol. The SMILES string of the molecule is c1c[nH]c(-c2noc(C3CNCC34CCCCC4)n2)n1. The van der Waals surface area contributed by atoms with Crippen molar-refractivity contribution in [3.05, 3.63) is 18.3 Å². The highest BCUT2D eigenvalue weighted by atomic mass is 16.5. The Labute approximate surface area is 117 Å². The first-order valence-corrected chi connectivity index (χ1v) is 7.41. The molecule has 1 saturated carbocycles. The summed E-state index contributed by atoms with van der Waals surface area (Å²) in [5.41, 5.74) is 0.325. The zero-order valence-corrected chi connectivity index (χ0v) is 11.4. The summed E-state index contributed by atoms with van der Waals surface area (Å²) in [6, 6.07) is 0. The number of nitrogens with zero attached hydrogens (tertiary/aromatic N) is 3. The molecule has 6 nitrogen and oxygen atoms in total. The van der Waals surface area contributed by atoms with Gasteiger partial charge in [0.2, 0.25) is 11.7 Å². The van der Waals surface area contributed by atoms with Crippen LogP contribution in [-0.2, 0) is 0 Å². The normalized spacial score (nSPS) is 25.3. The van der Waals surface area contributed by atoms with Crippen LogP contribution in [-0.4, -0.2) is 33.2 Å². The van der Waals surface area contributed by atoms with Crippen molar-refractivity contribution in [3.63, 3.8) is 0 Å². The van der Waals surface area contributed by atoms with Crippen molar-refractivity contribution in [1.29, 1.82) is 0 Å². The van der Waals surface area contributed by atoms with E-state index in [9.17, 15) is 0 Å². The molecule has 0 bridgehead atoms. The fourth-order valence-corrected chi connectivity index (χ4v) is 3.80. The standard InChI is InChI=1S/C14H19N5O/c1-2-4-14(5-3-1)9-15-8-10(14)13-18-12(19-20-13)11-16-6-7-17-11/h6-7,10,15H,1-5,8-9H2,(H,16,17). The van der Waals surface area contributed by atoms with Crippen LogP contribution >= 0.6 is 0 Å². The van der Waals surface area contributed by atoms with Crippen LogP contribution in [0.15, 0.2) is 16.9 Å². The van der Waals surface area contributed by atoms with E-state index in [0.29, 0.717) is 23.0 Å². The average Bonchev–Trinajstić information content (AvgIpc) is 3.19. The number of rotatable bonds is 2. The first kappa shape index (κ1) is 12.1. The van der Waals surface area contributed by atoms with Crippen molar-refractivity contribution in [1.82, 2.24) is 25.4 Å². The van der Waals surface area contributed by atoms with E-state index in [0.717, 1.165) is 19.0 Å². The Kier molecular flexibility index (Phi) is 2.84. The molecule has 0 aromatic carbocycles. The molecule has 106 valence electrons. The van der Waals surface area contributed by atoms with E-state index in [1.54, 1.807) is 12.4 Å². The molecule has 1 aliphatic carbocycles. The van der Waals surface area contributed by atoms with Crippen molar-refractivity contribution >= 4 is 0 Å². The van der Waals surface area contributed by atoms with Crippen LogP contribution in [0.5, 0.6) is 0 Å². The van der Waals surface area contributed by atoms with Gasteiger partial charge in [0.1, 0.15) is 0 Å². The molecule has 2 fully saturated rings. The van der Waals surface area contributed by atoms with Crippen LogP contribution in [0.3, 0.4) is 0 Å². The number of hydrogen-bond donors (Lipinski definition) is 2. The Balaban J connectivity index is 1.63. The average molecular weight is 273 g/mol. The van der Waals surface area contributed by atoms with Crippen molar-refractivity contribution in [2.45, 2.75) is 38.0 Å². The maximum atomic E-state index is 5.54. The Hall–Kier alpha value is -1.69. The summed E-state index contributed by atoms with van der Waals surface area (Å²) in [7, 11) is 0. The van der Waals surface area contributed by atoms with Gasteiger partial charge in [0.25, 0.3) is 0 Å². The zero-order valence-electron chi connectivity index (χ0n) is 11.4. The second-order valence-corrected chi connectivity index (χ2v) is 6.00. The van der Waals surface area contributed by atoms with Gasteiger partial charge in [-0.15, -0.1) is 0 Å². The number of nitrogens with one attached hydrogen (secondary N) is 2. The van der Waals surface area contributed by atoms with Gasteiger partial charge >= 0.3 is 0 Å². The van der Waals surface area contributed by atoms with E-state index >= 15 is 0 Å². The van der Waals surface area contributed by atoms with Gasteiger partial charge in [-0.05, 0) is 18.3 Å². The minimum atomic E-state index is 0.325. The van der Waals surface area contributed by atoms with Gasteiger partial charge in [-0.25, -0.2) is 4.98 Å². The molecule has 3 heterocycles. The third-order valence-corrected chi connectivity index (χ3v) is 4.86. The molecule has 20 heavy (non-hydrogen) atoms. The lowest BCUT2D eigenvalue weighted by molar-refractivity contribution is 0.165. The van der Waals surface area contributed by atoms with Gasteiger partial charge in [-0.1, -0.05) is 24.4 Å². The van der Waals surface area contributed by atoms with Crippen LogP contribution < -0.4 is 5.32 Å². The van der Waals surface area contributed by atoms with Crippen molar-refractivity contribution in [3.8, 4) is 11.6 Å². The van der Waals surface area contributed by atoms with Crippen LogP contribution in [0, 0.1) is 5.41 Å².